The molecular formula is C23H17BrF3N3O3. The number of alkyl halides is 3. The minimum absolute atomic E-state index is 0.0724. The zero-order valence-electron chi connectivity index (χ0n) is 17.3. The Kier molecular flexibility index (Phi) is 6.20. The maximum Gasteiger partial charge on any atom is 0.417 e. The smallest absolute Gasteiger partial charge is 0.353 e. The topological polar surface area (TPSA) is 77.5 Å². The van der Waals surface area contributed by atoms with Crippen molar-refractivity contribution in [2.75, 3.05) is 0 Å². The van der Waals surface area contributed by atoms with E-state index in [0.717, 1.165) is 6.07 Å². The molecule has 4 aromatic rings. The quantitative estimate of drug-likeness (QED) is 0.284. The minimum Gasteiger partial charge on any atom is -0.353 e. The van der Waals surface area contributed by atoms with Crippen molar-refractivity contribution in [2.45, 2.75) is 31.9 Å². The molecule has 33 heavy (non-hydrogen) atoms. The van der Waals surface area contributed by atoms with Gasteiger partial charge in [0.05, 0.1) is 28.5 Å². The lowest BCUT2D eigenvalue weighted by Gasteiger charge is -2.10. The molecule has 4 rings (SSSR count). The van der Waals surface area contributed by atoms with Crippen LogP contribution in [-0.4, -0.2) is 26.3 Å². The summed E-state index contributed by atoms with van der Waals surface area (Å²) in [5.74, 6) is -1.05. The molecule has 0 saturated heterocycles. The third-order valence-electron chi connectivity index (χ3n) is 5.23. The number of hydrogen-bond acceptors (Lipinski definition) is 5. The Morgan fingerprint density at radius 1 is 1.15 bits per heavy atom. The number of benzene rings is 1. The van der Waals surface area contributed by atoms with Gasteiger partial charge in [-0.15, -0.1) is 0 Å². The molecule has 6 nitrogen and oxygen atoms in total. The summed E-state index contributed by atoms with van der Waals surface area (Å²) in [6.45, 7) is 1.78. The average molecular weight is 520 g/mol. The Balaban J connectivity index is 1.45. The highest BCUT2D eigenvalue weighted by Crippen LogP contribution is 2.35. The van der Waals surface area contributed by atoms with Gasteiger partial charge in [-0.25, -0.2) is 4.52 Å². The van der Waals surface area contributed by atoms with Crippen molar-refractivity contribution >= 4 is 33.0 Å². The van der Waals surface area contributed by atoms with E-state index in [2.05, 4.69) is 26.2 Å². The SMILES string of the molecule is C[C@@H](CC(=O)c1cnn2ccccc12)c1cc(C(=O)Cc2ccc(Br)c(C(F)(F)F)c2)on1. The van der Waals surface area contributed by atoms with Gasteiger partial charge in [-0.2, -0.15) is 18.3 Å². The molecule has 0 amide bonds. The van der Waals surface area contributed by atoms with Crippen molar-refractivity contribution in [3.8, 4) is 0 Å². The van der Waals surface area contributed by atoms with Gasteiger partial charge in [0, 0.05) is 35.5 Å². The molecule has 0 N–H and O–H groups in total. The third-order valence-corrected chi connectivity index (χ3v) is 5.92. The van der Waals surface area contributed by atoms with Crippen LogP contribution in [0.1, 0.15) is 57.0 Å². The molecule has 0 unspecified atom stereocenters. The normalized spacial score (nSPS) is 12.8. The van der Waals surface area contributed by atoms with Crippen molar-refractivity contribution in [3.05, 3.63) is 87.5 Å². The van der Waals surface area contributed by atoms with Gasteiger partial charge in [-0.1, -0.05) is 40.1 Å². The molecule has 0 spiro atoms. The molecule has 3 heterocycles. The van der Waals surface area contributed by atoms with Crippen molar-refractivity contribution in [2.24, 2.45) is 0 Å². The van der Waals surface area contributed by atoms with Crippen LogP contribution in [0.3, 0.4) is 0 Å². The number of carbonyl (C=O) groups is 2. The zero-order valence-corrected chi connectivity index (χ0v) is 18.9. The molecule has 1 aromatic carbocycles. The lowest BCUT2D eigenvalue weighted by Crippen LogP contribution is -2.09. The van der Waals surface area contributed by atoms with E-state index in [-0.39, 0.29) is 40.3 Å². The number of nitrogens with zero attached hydrogens (tertiary/aromatic N) is 3. The molecule has 3 aromatic heterocycles. The summed E-state index contributed by atoms with van der Waals surface area (Å²) in [7, 11) is 0. The lowest BCUT2D eigenvalue weighted by molar-refractivity contribution is -0.138. The monoisotopic (exact) mass is 519 g/mol. The summed E-state index contributed by atoms with van der Waals surface area (Å²) in [6, 6.07) is 10.5. The van der Waals surface area contributed by atoms with Crippen LogP contribution >= 0.6 is 15.9 Å². The van der Waals surface area contributed by atoms with Crippen molar-refractivity contribution in [1.82, 2.24) is 14.8 Å². The van der Waals surface area contributed by atoms with Crippen molar-refractivity contribution < 1.29 is 27.3 Å². The zero-order chi connectivity index (χ0) is 23.8. The van der Waals surface area contributed by atoms with Crippen LogP contribution in [0.4, 0.5) is 13.2 Å². The summed E-state index contributed by atoms with van der Waals surface area (Å²) in [6.07, 6.45) is -1.44. The second kappa shape index (κ2) is 8.93. The van der Waals surface area contributed by atoms with E-state index >= 15 is 0 Å². The van der Waals surface area contributed by atoms with Gasteiger partial charge in [0.1, 0.15) is 0 Å². The number of rotatable bonds is 7. The van der Waals surface area contributed by atoms with Crippen LogP contribution in [0.2, 0.25) is 0 Å². The first kappa shape index (κ1) is 22.9. The highest BCUT2D eigenvalue weighted by molar-refractivity contribution is 9.10. The number of fused-ring (bicyclic) bond motifs is 1. The number of Topliss-reactive ketones (excluding diaryl/α,β-unsaturated/α-hetero) is 2. The van der Waals surface area contributed by atoms with Gasteiger partial charge < -0.3 is 4.52 Å². The predicted molar refractivity (Wildman–Crippen MR) is 116 cm³/mol. The minimum atomic E-state index is -4.54. The summed E-state index contributed by atoms with van der Waals surface area (Å²) in [4.78, 5) is 25.3. The highest BCUT2D eigenvalue weighted by Gasteiger charge is 2.33. The molecule has 1 atom stereocenters. The largest absolute Gasteiger partial charge is 0.417 e. The van der Waals surface area contributed by atoms with Gasteiger partial charge in [0.15, 0.2) is 5.78 Å². The first-order chi connectivity index (χ1) is 15.6. The second-order valence-corrected chi connectivity index (χ2v) is 8.50. The first-order valence-corrected chi connectivity index (χ1v) is 10.7. The lowest BCUT2D eigenvalue weighted by atomic mass is 9.97. The number of hydrogen-bond donors (Lipinski definition) is 0. The van der Waals surface area contributed by atoms with Gasteiger partial charge in [0.25, 0.3) is 0 Å². The Bertz CT molecular complexity index is 1340. The molecule has 0 fully saturated rings. The number of aromatic nitrogens is 3. The van der Waals surface area contributed by atoms with Crippen LogP contribution in [0.15, 0.2) is 63.9 Å². The van der Waals surface area contributed by atoms with Crippen LogP contribution < -0.4 is 0 Å². The Labute approximate surface area is 194 Å². The number of halogens is 4. The van der Waals surface area contributed by atoms with E-state index < -0.39 is 17.5 Å². The first-order valence-electron chi connectivity index (χ1n) is 9.94. The fourth-order valence-corrected chi connectivity index (χ4v) is 3.94. The van der Waals surface area contributed by atoms with E-state index in [4.69, 9.17) is 4.52 Å². The summed E-state index contributed by atoms with van der Waals surface area (Å²) < 4.78 is 45.9. The Morgan fingerprint density at radius 3 is 2.70 bits per heavy atom. The van der Waals surface area contributed by atoms with Crippen LogP contribution in [0.5, 0.6) is 0 Å². The standard InChI is InChI=1S/C23H17BrF3N3O3/c1-13(8-20(31)15-12-28-30-7-3-2-4-19(15)30)18-11-22(33-29-18)21(32)10-14-5-6-17(24)16(9-14)23(25,26)27/h2-7,9,11-13H,8,10H2,1H3/t13-/m0/s1. The number of pyridine rings is 1. The molecule has 0 aliphatic rings. The maximum absolute atomic E-state index is 13.1. The van der Waals surface area contributed by atoms with Crippen LogP contribution in [-0.2, 0) is 12.6 Å². The molecule has 170 valence electrons. The van der Waals surface area contributed by atoms with E-state index in [9.17, 15) is 22.8 Å². The molecule has 0 bridgehead atoms. The number of carbonyl (C=O) groups excluding carboxylic acids is 2. The summed E-state index contributed by atoms with van der Waals surface area (Å²) >= 11 is 2.88. The van der Waals surface area contributed by atoms with Gasteiger partial charge in [-0.3, -0.25) is 9.59 Å². The van der Waals surface area contributed by atoms with E-state index in [1.54, 1.807) is 23.7 Å². The average Bonchev–Trinajstić information content (AvgIpc) is 3.42. The van der Waals surface area contributed by atoms with Gasteiger partial charge >= 0.3 is 6.18 Å². The molecule has 0 saturated carbocycles. The molecule has 0 aliphatic heterocycles. The fourth-order valence-electron chi connectivity index (χ4n) is 3.47. The Morgan fingerprint density at radius 2 is 1.94 bits per heavy atom. The predicted octanol–water partition coefficient (Wildman–Crippen LogP) is 5.91. The second-order valence-electron chi connectivity index (χ2n) is 7.64. The van der Waals surface area contributed by atoms with E-state index in [0.29, 0.717) is 16.8 Å². The van der Waals surface area contributed by atoms with Crippen LogP contribution in [0, 0.1) is 0 Å². The highest BCUT2D eigenvalue weighted by atomic mass is 79.9. The molecule has 0 aliphatic carbocycles. The van der Waals surface area contributed by atoms with Gasteiger partial charge in [-0.05, 0) is 29.8 Å². The third kappa shape index (κ3) is 4.90. The van der Waals surface area contributed by atoms with E-state index in [1.807, 2.05) is 12.1 Å². The summed E-state index contributed by atoms with van der Waals surface area (Å²) in [5.41, 5.74) is 0.932. The van der Waals surface area contributed by atoms with Crippen molar-refractivity contribution in [3.63, 3.8) is 0 Å². The molecular weight excluding hydrogens is 503 g/mol. The molecule has 10 heteroatoms. The fraction of sp³-hybridized carbons (Fsp3) is 0.217. The summed E-state index contributed by atoms with van der Waals surface area (Å²) in [5, 5.41) is 8.05. The number of ketones is 2. The maximum atomic E-state index is 13.1. The van der Waals surface area contributed by atoms with E-state index in [1.165, 1.54) is 24.4 Å². The van der Waals surface area contributed by atoms with Crippen molar-refractivity contribution in [1.29, 1.82) is 0 Å². The Hall–Kier alpha value is -3.27. The van der Waals surface area contributed by atoms with Crippen LogP contribution in [0.25, 0.3) is 5.52 Å². The molecule has 0 radical (unpaired) electrons. The van der Waals surface area contributed by atoms with Gasteiger partial charge in [0.2, 0.25) is 11.5 Å².